The highest BCUT2D eigenvalue weighted by Crippen LogP contribution is 2.35. The number of hydrogen-bond acceptors (Lipinski definition) is 4. The van der Waals surface area contributed by atoms with Crippen LogP contribution < -0.4 is 0 Å². The van der Waals surface area contributed by atoms with E-state index in [1.165, 1.54) is 31.2 Å². The normalized spacial score (nSPS) is 13.4. The Morgan fingerprint density at radius 1 is 1.22 bits per heavy atom. The summed E-state index contributed by atoms with van der Waals surface area (Å²) < 4.78 is 31.7. The number of esters is 1. The van der Waals surface area contributed by atoms with Gasteiger partial charge in [-0.15, -0.1) is 0 Å². The van der Waals surface area contributed by atoms with Gasteiger partial charge in [-0.1, -0.05) is 6.07 Å². The lowest BCUT2D eigenvalue weighted by Gasteiger charge is -2.23. The molecule has 0 saturated carbocycles. The Morgan fingerprint density at radius 2 is 1.91 bits per heavy atom. The molecule has 1 atom stereocenters. The van der Waals surface area contributed by atoms with E-state index in [1.54, 1.807) is 6.92 Å². The van der Waals surface area contributed by atoms with Crippen molar-refractivity contribution in [2.75, 3.05) is 6.61 Å². The molecule has 1 unspecified atom stereocenters. The summed E-state index contributed by atoms with van der Waals surface area (Å²) >= 11 is 0. The fourth-order valence-electron chi connectivity index (χ4n) is 2.20. The second kappa shape index (κ2) is 6.34. The average Bonchev–Trinajstić information content (AvgIpc) is 2.48. The lowest BCUT2D eigenvalue weighted by atomic mass is 9.91. The van der Waals surface area contributed by atoms with Crippen molar-refractivity contribution in [2.45, 2.75) is 19.4 Å². The molecule has 6 heteroatoms. The van der Waals surface area contributed by atoms with Gasteiger partial charge in [0.2, 0.25) is 0 Å². The van der Waals surface area contributed by atoms with Crippen LogP contribution in [0.25, 0.3) is 11.1 Å². The average molecular weight is 322 g/mol. The fourth-order valence-corrected chi connectivity index (χ4v) is 2.20. The minimum absolute atomic E-state index is 0.0576. The van der Waals surface area contributed by atoms with Gasteiger partial charge in [0.1, 0.15) is 17.4 Å². The van der Waals surface area contributed by atoms with Crippen LogP contribution in [0.3, 0.4) is 0 Å². The molecule has 4 nitrogen and oxygen atoms in total. The van der Waals surface area contributed by atoms with Crippen molar-refractivity contribution in [2.24, 2.45) is 0 Å². The second-order valence-corrected chi connectivity index (χ2v) is 5.15. The molecule has 2 rings (SSSR count). The van der Waals surface area contributed by atoms with Crippen LogP contribution >= 0.6 is 0 Å². The Morgan fingerprint density at radius 3 is 2.52 bits per heavy atom. The Labute approximate surface area is 132 Å². The van der Waals surface area contributed by atoms with Gasteiger partial charge >= 0.3 is 5.97 Å². The number of halogens is 2. The summed E-state index contributed by atoms with van der Waals surface area (Å²) in [7, 11) is 0. The Hall–Kier alpha value is -2.47. The molecule has 2 aromatic rings. The third-order valence-corrected chi connectivity index (χ3v) is 3.44. The first-order valence-corrected chi connectivity index (χ1v) is 6.96. The van der Waals surface area contributed by atoms with E-state index in [2.05, 4.69) is 0 Å². The molecule has 0 aliphatic rings. The zero-order chi connectivity index (χ0) is 17.2. The molecular weight excluding hydrogens is 306 g/mol. The molecule has 0 saturated heterocycles. The van der Waals surface area contributed by atoms with Crippen molar-refractivity contribution < 1.29 is 28.5 Å². The monoisotopic (exact) mass is 322 g/mol. The van der Waals surface area contributed by atoms with Crippen LogP contribution in [0.15, 0.2) is 36.4 Å². The number of phenolic OH excluding ortho intramolecular Hbond substituents is 1. The molecule has 0 heterocycles. The predicted octanol–water partition coefficient (Wildman–Crippen LogP) is 3.11. The maximum Gasteiger partial charge on any atom is 0.342 e. The van der Waals surface area contributed by atoms with Crippen LogP contribution in [-0.2, 0) is 15.1 Å². The van der Waals surface area contributed by atoms with Crippen LogP contribution in [0.2, 0.25) is 0 Å². The van der Waals surface area contributed by atoms with E-state index >= 15 is 0 Å². The summed E-state index contributed by atoms with van der Waals surface area (Å²) in [6.45, 7) is 2.81. The lowest BCUT2D eigenvalue weighted by molar-refractivity contribution is -0.164. The van der Waals surface area contributed by atoms with E-state index in [-0.39, 0.29) is 29.0 Å². The van der Waals surface area contributed by atoms with Gasteiger partial charge in [-0.25, -0.2) is 13.6 Å². The summed E-state index contributed by atoms with van der Waals surface area (Å²) in [4.78, 5) is 11.9. The molecule has 0 aliphatic heterocycles. The zero-order valence-electron chi connectivity index (χ0n) is 12.6. The number of aliphatic hydroxyl groups is 1. The molecule has 0 aliphatic carbocycles. The first-order chi connectivity index (χ1) is 10.8. The standard InChI is InChI=1S/C17H16F2O4/c1-3-23-16(21)17(2,22)13-8-10(4-7-15(13)20)12-6-5-11(18)9-14(12)19/h4-9,20,22H,3H2,1-2H3. The highest BCUT2D eigenvalue weighted by molar-refractivity contribution is 5.82. The number of ether oxygens (including phenoxy) is 1. The molecule has 0 fully saturated rings. The van der Waals surface area contributed by atoms with Gasteiger partial charge in [-0.05, 0) is 43.7 Å². The molecule has 2 N–H and O–H groups in total. The molecule has 23 heavy (non-hydrogen) atoms. The van der Waals surface area contributed by atoms with E-state index in [0.29, 0.717) is 0 Å². The van der Waals surface area contributed by atoms with Crippen LogP contribution in [-0.4, -0.2) is 22.8 Å². The second-order valence-electron chi connectivity index (χ2n) is 5.15. The van der Waals surface area contributed by atoms with Gasteiger partial charge in [0.15, 0.2) is 5.60 Å². The number of rotatable bonds is 4. The third kappa shape index (κ3) is 3.32. The Balaban J connectivity index is 2.53. The van der Waals surface area contributed by atoms with Gasteiger partial charge < -0.3 is 14.9 Å². The smallest absolute Gasteiger partial charge is 0.342 e. The van der Waals surface area contributed by atoms with E-state index in [4.69, 9.17) is 4.74 Å². The lowest BCUT2D eigenvalue weighted by Crippen LogP contribution is -2.34. The van der Waals surface area contributed by atoms with Gasteiger partial charge in [-0.3, -0.25) is 0 Å². The van der Waals surface area contributed by atoms with Crippen molar-refractivity contribution in [3.05, 3.63) is 53.6 Å². The minimum atomic E-state index is -2.10. The SMILES string of the molecule is CCOC(=O)C(C)(O)c1cc(-c2ccc(F)cc2F)ccc1O. The minimum Gasteiger partial charge on any atom is -0.508 e. The molecule has 0 amide bonds. The molecule has 2 aromatic carbocycles. The first kappa shape index (κ1) is 16.9. The van der Waals surface area contributed by atoms with Gasteiger partial charge in [-0.2, -0.15) is 0 Å². The van der Waals surface area contributed by atoms with Crippen LogP contribution in [0.1, 0.15) is 19.4 Å². The maximum absolute atomic E-state index is 13.9. The topological polar surface area (TPSA) is 66.8 Å². The van der Waals surface area contributed by atoms with E-state index in [0.717, 1.165) is 12.1 Å². The highest BCUT2D eigenvalue weighted by atomic mass is 19.1. The quantitative estimate of drug-likeness (QED) is 0.849. The van der Waals surface area contributed by atoms with Crippen LogP contribution in [0.5, 0.6) is 5.75 Å². The number of phenols is 1. The van der Waals surface area contributed by atoms with Crippen molar-refractivity contribution in [1.82, 2.24) is 0 Å². The summed E-state index contributed by atoms with van der Waals surface area (Å²) in [6.07, 6.45) is 0. The summed E-state index contributed by atoms with van der Waals surface area (Å²) in [5.41, 5.74) is -1.88. The fraction of sp³-hybridized carbons (Fsp3) is 0.235. The highest BCUT2D eigenvalue weighted by Gasteiger charge is 2.36. The van der Waals surface area contributed by atoms with E-state index in [1.807, 2.05) is 0 Å². The molecule has 122 valence electrons. The van der Waals surface area contributed by atoms with Crippen molar-refractivity contribution in [3.8, 4) is 16.9 Å². The molecule has 0 bridgehead atoms. The zero-order valence-corrected chi connectivity index (χ0v) is 12.6. The third-order valence-electron chi connectivity index (χ3n) is 3.44. The number of carbonyl (C=O) groups excluding carboxylic acids is 1. The maximum atomic E-state index is 13.9. The number of aromatic hydroxyl groups is 1. The Kier molecular flexibility index (Phi) is 4.65. The number of benzene rings is 2. The largest absolute Gasteiger partial charge is 0.508 e. The van der Waals surface area contributed by atoms with Gasteiger partial charge in [0, 0.05) is 17.2 Å². The van der Waals surface area contributed by atoms with Crippen molar-refractivity contribution in [3.63, 3.8) is 0 Å². The van der Waals surface area contributed by atoms with Crippen molar-refractivity contribution >= 4 is 5.97 Å². The van der Waals surface area contributed by atoms with Crippen molar-refractivity contribution in [1.29, 1.82) is 0 Å². The molecule has 0 aromatic heterocycles. The van der Waals surface area contributed by atoms with Crippen LogP contribution in [0, 0.1) is 11.6 Å². The Bertz CT molecular complexity index is 741. The van der Waals surface area contributed by atoms with Gasteiger partial charge in [0.25, 0.3) is 0 Å². The predicted molar refractivity (Wildman–Crippen MR) is 79.7 cm³/mol. The summed E-state index contributed by atoms with van der Waals surface area (Å²) in [5.74, 6) is -2.79. The first-order valence-electron chi connectivity index (χ1n) is 6.96. The van der Waals surface area contributed by atoms with Crippen LogP contribution in [0.4, 0.5) is 8.78 Å². The molecular formula is C17H16F2O4. The van der Waals surface area contributed by atoms with E-state index in [9.17, 15) is 23.8 Å². The summed E-state index contributed by atoms with van der Waals surface area (Å²) in [5, 5.41) is 20.3. The number of carbonyl (C=O) groups is 1. The molecule has 0 radical (unpaired) electrons. The van der Waals surface area contributed by atoms with Gasteiger partial charge in [0.05, 0.1) is 6.61 Å². The van der Waals surface area contributed by atoms with E-state index < -0.39 is 23.2 Å². The number of hydrogen-bond donors (Lipinski definition) is 2. The molecule has 0 spiro atoms. The summed E-state index contributed by atoms with van der Waals surface area (Å²) in [6, 6.07) is 6.94.